The monoisotopic (exact) mass is 206 g/mol. The molecule has 0 fully saturated rings. The lowest BCUT2D eigenvalue weighted by molar-refractivity contribution is -0.844. The summed E-state index contributed by atoms with van der Waals surface area (Å²) < 4.78 is 0.360. The number of allylic oxidation sites excluding steroid dienone is 2. The zero-order valence-corrected chi connectivity index (χ0v) is 9.94. The lowest BCUT2D eigenvalue weighted by Gasteiger charge is -2.38. The Balaban J connectivity index is 2.39. The number of nitrogens with two attached hydrogens (primary N) is 1. The second kappa shape index (κ2) is 3.03. The second-order valence-corrected chi connectivity index (χ2v) is 5.12. The average Bonchev–Trinajstić information content (AvgIpc) is 2.28. The molecule has 0 radical (unpaired) electrons. The number of quaternary nitrogens is 1. The van der Waals surface area contributed by atoms with E-state index in [9.17, 15) is 0 Å². The molecule has 2 heterocycles. The Hall–Kier alpha value is -0.930. The number of hydrogen-bond donors (Lipinski definition) is 1. The highest BCUT2D eigenvalue weighted by Crippen LogP contribution is 2.35. The Labute approximate surface area is 91.5 Å². The first-order chi connectivity index (χ1) is 6.88. The summed E-state index contributed by atoms with van der Waals surface area (Å²) in [5, 5.41) is 0. The highest BCUT2D eigenvalue weighted by molar-refractivity contribution is 5.90. The molecule has 0 bridgehead atoms. The van der Waals surface area contributed by atoms with Crippen LogP contribution in [0.2, 0.25) is 0 Å². The van der Waals surface area contributed by atoms with E-state index in [0.29, 0.717) is 10.5 Å². The van der Waals surface area contributed by atoms with Gasteiger partial charge in [-0.05, 0) is 12.0 Å². The first kappa shape index (κ1) is 10.6. The van der Waals surface area contributed by atoms with E-state index in [-0.39, 0.29) is 11.6 Å². The van der Waals surface area contributed by atoms with Gasteiger partial charge in [0.05, 0.1) is 0 Å². The Morgan fingerprint density at radius 3 is 2.67 bits per heavy atom. The maximum atomic E-state index is 6.24. The van der Waals surface area contributed by atoms with Gasteiger partial charge in [0.2, 0.25) is 6.17 Å². The van der Waals surface area contributed by atoms with Crippen LogP contribution in [0.25, 0.3) is 0 Å². The van der Waals surface area contributed by atoms with Crippen LogP contribution in [0.5, 0.6) is 0 Å². The van der Waals surface area contributed by atoms with Crippen molar-refractivity contribution in [3.63, 3.8) is 0 Å². The predicted molar refractivity (Wildman–Crippen MR) is 62.6 cm³/mol. The van der Waals surface area contributed by atoms with Crippen molar-refractivity contribution in [3.05, 3.63) is 24.4 Å². The number of fused-ring (bicyclic) bond motifs is 1. The van der Waals surface area contributed by atoms with Crippen LogP contribution >= 0.6 is 0 Å². The van der Waals surface area contributed by atoms with E-state index in [1.54, 1.807) is 0 Å². The highest BCUT2D eigenvalue weighted by atomic mass is 15.7. The minimum atomic E-state index is 0.0875. The zero-order valence-electron chi connectivity index (χ0n) is 9.94. The number of rotatable bonds is 1. The molecule has 3 nitrogen and oxygen atoms in total. The van der Waals surface area contributed by atoms with Gasteiger partial charge in [0.1, 0.15) is 6.20 Å². The normalized spacial score (nSPS) is 43.3. The van der Waals surface area contributed by atoms with E-state index in [0.717, 1.165) is 5.84 Å². The number of hydrogen-bond acceptors (Lipinski definition) is 2. The Morgan fingerprint density at radius 2 is 2.13 bits per heavy atom. The van der Waals surface area contributed by atoms with Crippen molar-refractivity contribution in [2.75, 3.05) is 0 Å². The summed E-state index contributed by atoms with van der Waals surface area (Å²) in [7, 11) is 0. The van der Waals surface area contributed by atoms with Gasteiger partial charge >= 0.3 is 0 Å². The molecule has 2 rings (SSSR count). The van der Waals surface area contributed by atoms with Gasteiger partial charge in [-0.3, -0.25) is 0 Å². The minimum Gasteiger partial charge on any atom is -0.171 e. The molecule has 0 amide bonds. The van der Waals surface area contributed by atoms with Crippen LogP contribution < -0.4 is 5.84 Å². The maximum absolute atomic E-state index is 6.24. The third-order valence-electron chi connectivity index (χ3n) is 3.85. The molecular formula is C12H20N3+. The second-order valence-electron chi connectivity index (χ2n) is 5.12. The fraction of sp³-hybridized carbons (Fsp3) is 0.583. The average molecular weight is 206 g/mol. The summed E-state index contributed by atoms with van der Waals surface area (Å²) in [5.74, 6) is 7.76. The van der Waals surface area contributed by atoms with Crippen molar-refractivity contribution in [1.29, 1.82) is 0 Å². The van der Waals surface area contributed by atoms with Crippen molar-refractivity contribution in [2.24, 2.45) is 22.2 Å². The van der Waals surface area contributed by atoms with E-state index >= 15 is 0 Å². The molecule has 3 atom stereocenters. The highest BCUT2D eigenvalue weighted by Gasteiger charge is 2.45. The Morgan fingerprint density at radius 1 is 1.47 bits per heavy atom. The van der Waals surface area contributed by atoms with Gasteiger partial charge in [0, 0.05) is 18.4 Å². The van der Waals surface area contributed by atoms with Gasteiger partial charge in [-0.15, -0.1) is 0 Å². The lowest BCUT2D eigenvalue weighted by atomic mass is 9.79. The van der Waals surface area contributed by atoms with E-state index in [4.69, 9.17) is 5.84 Å². The minimum absolute atomic E-state index is 0.0875. The summed E-state index contributed by atoms with van der Waals surface area (Å²) in [4.78, 5) is 4.43. The fourth-order valence-electron chi connectivity index (χ4n) is 1.87. The molecule has 82 valence electrons. The third-order valence-corrected chi connectivity index (χ3v) is 3.85. The molecule has 3 unspecified atom stereocenters. The van der Waals surface area contributed by atoms with Crippen LogP contribution in [0.4, 0.5) is 0 Å². The van der Waals surface area contributed by atoms with Gasteiger partial charge in [0.25, 0.3) is 5.84 Å². The van der Waals surface area contributed by atoms with Crippen LogP contribution in [-0.4, -0.2) is 16.6 Å². The molecule has 2 N–H and O–H groups in total. The number of aliphatic imine (C=N–C) groups is 1. The zero-order chi connectivity index (χ0) is 11.3. The van der Waals surface area contributed by atoms with Crippen LogP contribution in [-0.2, 0) is 0 Å². The lowest BCUT2D eigenvalue weighted by Crippen LogP contribution is -2.65. The molecule has 0 aliphatic carbocycles. The van der Waals surface area contributed by atoms with E-state index in [1.165, 1.54) is 0 Å². The summed E-state index contributed by atoms with van der Waals surface area (Å²) in [6.45, 7) is 8.72. The molecule has 0 saturated heterocycles. The van der Waals surface area contributed by atoms with Crippen molar-refractivity contribution >= 4 is 5.84 Å². The van der Waals surface area contributed by atoms with E-state index < -0.39 is 0 Å². The van der Waals surface area contributed by atoms with Crippen molar-refractivity contribution in [2.45, 2.75) is 33.9 Å². The van der Waals surface area contributed by atoms with Crippen molar-refractivity contribution in [3.8, 4) is 0 Å². The molecule has 0 aromatic carbocycles. The summed E-state index contributed by atoms with van der Waals surface area (Å²) in [5.41, 5.74) is 0.0875. The van der Waals surface area contributed by atoms with E-state index in [1.807, 2.05) is 6.92 Å². The number of amidine groups is 1. The van der Waals surface area contributed by atoms with E-state index in [2.05, 4.69) is 50.2 Å². The molecule has 0 saturated carbocycles. The molecule has 0 aromatic rings. The SMILES string of the molecule is CC(C)C1(C)C=CC2=NC(C)[N+]2(N)C=C1. The quantitative estimate of drug-likeness (QED) is 0.518. The van der Waals surface area contributed by atoms with Crippen molar-refractivity contribution < 1.29 is 4.59 Å². The van der Waals surface area contributed by atoms with Gasteiger partial charge in [-0.1, -0.05) is 26.8 Å². The predicted octanol–water partition coefficient (Wildman–Crippen LogP) is 2.18. The van der Waals surface area contributed by atoms with Gasteiger partial charge in [0.15, 0.2) is 0 Å². The molecular weight excluding hydrogens is 186 g/mol. The van der Waals surface area contributed by atoms with Gasteiger partial charge in [-0.25, -0.2) is 0 Å². The topological polar surface area (TPSA) is 38.4 Å². The molecule has 0 aromatic heterocycles. The van der Waals surface area contributed by atoms with Gasteiger partial charge < -0.3 is 0 Å². The molecule has 2 aliphatic heterocycles. The van der Waals surface area contributed by atoms with Crippen LogP contribution in [0.15, 0.2) is 29.4 Å². The standard InChI is InChI=1S/C12H20N3/c1-9(2)12(4)6-5-11-14-10(3)15(11,13)8-7-12/h5-10H,13H2,1-4H3/q+1. The Bertz CT molecular complexity index is 367. The fourth-order valence-corrected chi connectivity index (χ4v) is 1.87. The number of nitrogens with zero attached hydrogens (tertiary/aromatic N) is 2. The third kappa shape index (κ3) is 1.38. The van der Waals surface area contributed by atoms with Crippen LogP contribution in [0, 0.1) is 11.3 Å². The smallest absolute Gasteiger partial charge is 0.171 e. The van der Waals surface area contributed by atoms with Gasteiger partial charge in [-0.2, -0.15) is 15.4 Å². The summed E-state index contributed by atoms with van der Waals surface area (Å²) >= 11 is 0. The first-order valence-corrected chi connectivity index (χ1v) is 5.53. The molecule has 3 heteroatoms. The largest absolute Gasteiger partial charge is 0.253 e. The molecule has 15 heavy (non-hydrogen) atoms. The summed E-state index contributed by atoms with van der Waals surface area (Å²) in [6, 6.07) is 0. The molecule has 2 aliphatic rings. The maximum Gasteiger partial charge on any atom is 0.253 e. The van der Waals surface area contributed by atoms with Crippen LogP contribution in [0.1, 0.15) is 27.7 Å². The molecule has 0 spiro atoms. The Kier molecular flexibility index (Phi) is 2.14. The van der Waals surface area contributed by atoms with Crippen molar-refractivity contribution in [1.82, 2.24) is 0 Å². The summed E-state index contributed by atoms with van der Waals surface area (Å²) in [6.07, 6.45) is 8.72. The first-order valence-electron chi connectivity index (χ1n) is 5.53. The van der Waals surface area contributed by atoms with Crippen LogP contribution in [0.3, 0.4) is 0 Å².